The van der Waals surface area contributed by atoms with Gasteiger partial charge in [-0.2, -0.15) is 5.10 Å². The van der Waals surface area contributed by atoms with Crippen LogP contribution in [0.2, 0.25) is 5.02 Å². The van der Waals surface area contributed by atoms with E-state index >= 15 is 0 Å². The van der Waals surface area contributed by atoms with Gasteiger partial charge < -0.3 is 5.73 Å². The number of hydrogen-bond acceptors (Lipinski definition) is 4. The van der Waals surface area contributed by atoms with Gasteiger partial charge in [-0.15, -0.1) is 0 Å². The topological polar surface area (TPSA) is 69.6 Å². The standard InChI is InChI=1S/C13H12ClN5/c1-7-12(14)8(2)19(18-7)13-10-4-3-9(15)5-11(10)16-6-17-13/h3-6H,15H2,1-2H3. The zero-order chi connectivity index (χ0) is 13.6. The molecule has 19 heavy (non-hydrogen) atoms. The molecule has 1 aromatic carbocycles. The van der Waals surface area contributed by atoms with Crippen molar-refractivity contribution < 1.29 is 0 Å². The van der Waals surface area contributed by atoms with Gasteiger partial charge >= 0.3 is 0 Å². The van der Waals surface area contributed by atoms with Gasteiger partial charge in [0, 0.05) is 11.1 Å². The summed E-state index contributed by atoms with van der Waals surface area (Å²) < 4.78 is 1.73. The van der Waals surface area contributed by atoms with Crippen LogP contribution in [-0.4, -0.2) is 19.7 Å². The summed E-state index contributed by atoms with van der Waals surface area (Å²) in [5.74, 6) is 0.706. The second-order valence-corrected chi connectivity index (χ2v) is 4.75. The molecule has 0 saturated carbocycles. The Morgan fingerprint density at radius 3 is 2.68 bits per heavy atom. The number of nitrogens with two attached hydrogens (primary N) is 1. The van der Waals surface area contributed by atoms with E-state index in [1.165, 1.54) is 6.33 Å². The average Bonchev–Trinajstić information content (AvgIpc) is 2.65. The van der Waals surface area contributed by atoms with Crippen molar-refractivity contribution in [3.05, 3.63) is 40.9 Å². The van der Waals surface area contributed by atoms with Crippen molar-refractivity contribution >= 4 is 28.2 Å². The first kappa shape index (κ1) is 11.9. The van der Waals surface area contributed by atoms with Gasteiger partial charge in [-0.05, 0) is 32.0 Å². The summed E-state index contributed by atoms with van der Waals surface area (Å²) >= 11 is 6.18. The van der Waals surface area contributed by atoms with Gasteiger partial charge in [-0.3, -0.25) is 0 Å². The Balaban J connectivity index is 2.33. The van der Waals surface area contributed by atoms with E-state index in [1.54, 1.807) is 4.68 Å². The number of rotatable bonds is 1. The van der Waals surface area contributed by atoms with Gasteiger partial charge in [0.05, 0.1) is 21.9 Å². The van der Waals surface area contributed by atoms with Gasteiger partial charge in [0.25, 0.3) is 0 Å². The van der Waals surface area contributed by atoms with Crippen LogP contribution < -0.4 is 5.73 Å². The van der Waals surface area contributed by atoms with Crippen molar-refractivity contribution in [2.24, 2.45) is 0 Å². The van der Waals surface area contributed by atoms with Crippen LogP contribution in [0.4, 0.5) is 5.69 Å². The first-order chi connectivity index (χ1) is 9.08. The van der Waals surface area contributed by atoms with E-state index in [4.69, 9.17) is 17.3 Å². The number of nitrogens with zero attached hydrogens (tertiary/aromatic N) is 4. The third-order valence-electron chi connectivity index (χ3n) is 3.04. The summed E-state index contributed by atoms with van der Waals surface area (Å²) in [7, 11) is 0. The molecule has 0 radical (unpaired) electrons. The van der Waals surface area contributed by atoms with Crippen LogP contribution in [0.3, 0.4) is 0 Å². The van der Waals surface area contributed by atoms with E-state index in [-0.39, 0.29) is 0 Å². The molecule has 3 aromatic rings. The average molecular weight is 274 g/mol. The zero-order valence-corrected chi connectivity index (χ0v) is 11.3. The fourth-order valence-corrected chi connectivity index (χ4v) is 2.18. The molecule has 0 unspecified atom stereocenters. The molecule has 2 heterocycles. The lowest BCUT2D eigenvalue weighted by atomic mass is 10.2. The fourth-order valence-electron chi connectivity index (χ4n) is 2.06. The maximum Gasteiger partial charge on any atom is 0.164 e. The Morgan fingerprint density at radius 1 is 1.21 bits per heavy atom. The van der Waals surface area contributed by atoms with Gasteiger partial charge in [0.1, 0.15) is 6.33 Å². The van der Waals surface area contributed by atoms with Crippen LogP contribution in [0.5, 0.6) is 0 Å². The molecule has 0 saturated heterocycles. The number of aromatic nitrogens is 4. The maximum absolute atomic E-state index is 6.18. The Hall–Kier alpha value is -2.14. The molecule has 0 spiro atoms. The minimum Gasteiger partial charge on any atom is -0.399 e. The molecule has 0 aliphatic carbocycles. The molecular weight excluding hydrogens is 262 g/mol. The van der Waals surface area contributed by atoms with Gasteiger partial charge in [0.2, 0.25) is 0 Å². The Morgan fingerprint density at radius 2 is 2.00 bits per heavy atom. The van der Waals surface area contributed by atoms with Crippen LogP contribution >= 0.6 is 11.6 Å². The largest absolute Gasteiger partial charge is 0.399 e. The first-order valence-corrected chi connectivity index (χ1v) is 6.18. The molecule has 0 atom stereocenters. The molecular formula is C13H12ClN5. The summed E-state index contributed by atoms with van der Waals surface area (Å²) in [5, 5.41) is 5.96. The fraction of sp³-hybridized carbons (Fsp3) is 0.154. The van der Waals surface area contributed by atoms with Crippen LogP contribution in [0.25, 0.3) is 16.7 Å². The quantitative estimate of drug-likeness (QED) is 0.692. The lowest BCUT2D eigenvalue weighted by molar-refractivity contribution is 0.810. The smallest absolute Gasteiger partial charge is 0.164 e. The molecule has 3 rings (SSSR count). The molecule has 2 aromatic heterocycles. The van der Waals surface area contributed by atoms with Crippen molar-refractivity contribution in [2.45, 2.75) is 13.8 Å². The molecule has 0 bridgehead atoms. The van der Waals surface area contributed by atoms with Gasteiger partial charge in [-0.1, -0.05) is 11.6 Å². The van der Waals surface area contributed by atoms with Crippen LogP contribution in [0, 0.1) is 13.8 Å². The molecule has 6 heteroatoms. The summed E-state index contributed by atoms with van der Waals surface area (Å²) in [5.41, 5.74) is 8.86. The minimum absolute atomic E-state index is 0.655. The second kappa shape index (κ2) is 4.20. The van der Waals surface area contributed by atoms with Crippen molar-refractivity contribution in [3.63, 3.8) is 0 Å². The van der Waals surface area contributed by atoms with E-state index in [0.29, 0.717) is 16.5 Å². The van der Waals surface area contributed by atoms with E-state index in [2.05, 4.69) is 15.1 Å². The van der Waals surface area contributed by atoms with E-state index < -0.39 is 0 Å². The minimum atomic E-state index is 0.655. The summed E-state index contributed by atoms with van der Waals surface area (Å²) in [6, 6.07) is 5.53. The third kappa shape index (κ3) is 1.82. The van der Waals surface area contributed by atoms with E-state index in [0.717, 1.165) is 22.3 Å². The zero-order valence-electron chi connectivity index (χ0n) is 10.6. The predicted octanol–water partition coefficient (Wildman–Crippen LogP) is 2.67. The van der Waals surface area contributed by atoms with Crippen molar-refractivity contribution in [1.29, 1.82) is 0 Å². The van der Waals surface area contributed by atoms with Crippen LogP contribution in [0.15, 0.2) is 24.5 Å². The highest BCUT2D eigenvalue weighted by atomic mass is 35.5. The predicted molar refractivity (Wildman–Crippen MR) is 75.6 cm³/mol. The SMILES string of the molecule is Cc1nn(-c2ncnc3cc(N)ccc23)c(C)c1Cl. The Kier molecular flexibility index (Phi) is 2.64. The number of nitrogen functional groups attached to an aromatic ring is 1. The molecule has 0 aliphatic heterocycles. The number of hydrogen-bond donors (Lipinski definition) is 1. The Bertz CT molecular complexity index is 778. The second-order valence-electron chi connectivity index (χ2n) is 4.37. The van der Waals surface area contributed by atoms with Gasteiger partial charge in [0.15, 0.2) is 5.82 Å². The Labute approximate surface area is 115 Å². The molecule has 0 fully saturated rings. The first-order valence-electron chi connectivity index (χ1n) is 5.80. The van der Waals surface area contributed by atoms with E-state index in [9.17, 15) is 0 Å². The summed E-state index contributed by atoms with van der Waals surface area (Å²) in [4.78, 5) is 8.53. The number of fused-ring (bicyclic) bond motifs is 1. The number of halogens is 1. The monoisotopic (exact) mass is 273 g/mol. The van der Waals surface area contributed by atoms with Crippen molar-refractivity contribution in [1.82, 2.24) is 19.7 Å². The third-order valence-corrected chi connectivity index (χ3v) is 3.59. The molecule has 0 aliphatic rings. The normalized spacial score (nSPS) is 11.1. The lowest BCUT2D eigenvalue weighted by Crippen LogP contribution is -2.03. The molecule has 96 valence electrons. The highest BCUT2D eigenvalue weighted by Gasteiger charge is 2.14. The van der Waals surface area contributed by atoms with Crippen LogP contribution in [0.1, 0.15) is 11.4 Å². The van der Waals surface area contributed by atoms with E-state index in [1.807, 2.05) is 32.0 Å². The maximum atomic E-state index is 6.18. The number of aryl methyl sites for hydroxylation is 1. The number of anilines is 1. The van der Waals surface area contributed by atoms with Crippen LogP contribution in [-0.2, 0) is 0 Å². The molecule has 0 amide bonds. The lowest BCUT2D eigenvalue weighted by Gasteiger charge is -2.07. The number of benzene rings is 1. The molecule has 5 nitrogen and oxygen atoms in total. The highest BCUT2D eigenvalue weighted by Crippen LogP contribution is 2.25. The molecule has 2 N–H and O–H groups in total. The van der Waals surface area contributed by atoms with Gasteiger partial charge in [-0.25, -0.2) is 14.6 Å². The summed E-state index contributed by atoms with van der Waals surface area (Å²) in [6.07, 6.45) is 1.50. The van der Waals surface area contributed by atoms with Crippen molar-refractivity contribution in [2.75, 3.05) is 5.73 Å². The summed E-state index contributed by atoms with van der Waals surface area (Å²) in [6.45, 7) is 3.78. The van der Waals surface area contributed by atoms with Crippen molar-refractivity contribution in [3.8, 4) is 5.82 Å². The highest BCUT2D eigenvalue weighted by molar-refractivity contribution is 6.31.